The van der Waals surface area contributed by atoms with Gasteiger partial charge in [-0.3, -0.25) is 0 Å². The van der Waals surface area contributed by atoms with Crippen molar-refractivity contribution in [2.45, 2.75) is 71.3 Å². The second kappa shape index (κ2) is 4.31. The lowest BCUT2D eigenvalue weighted by Gasteiger charge is -2.46. The van der Waals surface area contributed by atoms with E-state index < -0.39 is 0 Å². The molecule has 102 valence electrons. The monoisotopic (exact) mass is 266 g/mol. The Labute approximate surface area is 115 Å². The van der Waals surface area contributed by atoms with Gasteiger partial charge in [0.2, 0.25) is 0 Å². The van der Waals surface area contributed by atoms with Gasteiger partial charge in [0.15, 0.2) is 0 Å². The summed E-state index contributed by atoms with van der Waals surface area (Å²) in [5, 5.41) is 3.33. The molecule has 2 rings (SSSR count). The molecule has 1 aromatic heterocycles. The molecule has 1 aliphatic rings. The van der Waals surface area contributed by atoms with Crippen LogP contribution >= 0.6 is 11.3 Å². The second-order valence-electron chi connectivity index (χ2n) is 7.35. The highest BCUT2D eigenvalue weighted by atomic mass is 32.1. The summed E-state index contributed by atoms with van der Waals surface area (Å²) < 4.78 is 0. The zero-order chi connectivity index (χ0) is 13.6. The first kappa shape index (κ1) is 14.0. The molecular weight excluding hydrogens is 240 g/mol. The van der Waals surface area contributed by atoms with E-state index in [9.17, 15) is 0 Å². The number of aromatic nitrogens is 1. The van der Waals surface area contributed by atoms with Crippen LogP contribution < -0.4 is 5.73 Å². The Morgan fingerprint density at radius 1 is 1.22 bits per heavy atom. The molecule has 1 aliphatic carbocycles. The molecule has 2 nitrogen and oxygen atoms in total. The van der Waals surface area contributed by atoms with Gasteiger partial charge in [-0.25, -0.2) is 4.98 Å². The van der Waals surface area contributed by atoms with Crippen LogP contribution in [0.4, 0.5) is 0 Å². The molecule has 1 atom stereocenters. The maximum atomic E-state index is 6.76. The molecular formula is C15H26N2S. The van der Waals surface area contributed by atoms with Gasteiger partial charge in [-0.1, -0.05) is 47.5 Å². The van der Waals surface area contributed by atoms with E-state index in [1.165, 1.54) is 25.0 Å². The van der Waals surface area contributed by atoms with Crippen molar-refractivity contribution < 1.29 is 0 Å². The zero-order valence-electron chi connectivity index (χ0n) is 12.3. The first-order valence-corrected chi connectivity index (χ1v) is 7.80. The Hall–Kier alpha value is -0.410. The van der Waals surface area contributed by atoms with E-state index in [0.29, 0.717) is 0 Å². The average molecular weight is 266 g/mol. The van der Waals surface area contributed by atoms with E-state index in [1.807, 2.05) is 0 Å². The van der Waals surface area contributed by atoms with Crippen molar-refractivity contribution in [3.05, 3.63) is 16.1 Å². The third-order valence-corrected chi connectivity index (χ3v) is 5.50. The van der Waals surface area contributed by atoms with E-state index >= 15 is 0 Å². The Morgan fingerprint density at radius 2 is 1.83 bits per heavy atom. The van der Waals surface area contributed by atoms with Gasteiger partial charge in [0.1, 0.15) is 5.01 Å². The molecule has 0 amide bonds. The minimum Gasteiger partial charge on any atom is -0.319 e. The minimum absolute atomic E-state index is 0.115. The molecule has 0 bridgehead atoms. The Morgan fingerprint density at radius 3 is 2.33 bits per heavy atom. The van der Waals surface area contributed by atoms with Crippen molar-refractivity contribution in [1.29, 1.82) is 0 Å². The second-order valence-corrected chi connectivity index (χ2v) is 8.21. The summed E-state index contributed by atoms with van der Waals surface area (Å²) in [4.78, 5) is 4.87. The van der Waals surface area contributed by atoms with E-state index in [-0.39, 0.29) is 16.4 Å². The summed E-state index contributed by atoms with van der Waals surface area (Å²) in [6, 6.07) is 0. The van der Waals surface area contributed by atoms with Crippen LogP contribution in [0.5, 0.6) is 0 Å². The lowest BCUT2D eigenvalue weighted by atomic mass is 9.64. The summed E-state index contributed by atoms with van der Waals surface area (Å²) in [6.07, 6.45) is 4.79. The first-order chi connectivity index (χ1) is 8.17. The number of hydrogen-bond acceptors (Lipinski definition) is 3. The van der Waals surface area contributed by atoms with Crippen LogP contribution in [0.25, 0.3) is 0 Å². The van der Waals surface area contributed by atoms with Crippen molar-refractivity contribution in [1.82, 2.24) is 4.98 Å². The molecule has 3 heteroatoms. The number of nitrogens with zero attached hydrogens (tertiary/aromatic N) is 1. The molecule has 1 heterocycles. The fourth-order valence-electron chi connectivity index (χ4n) is 2.75. The van der Waals surface area contributed by atoms with Crippen LogP contribution in [-0.2, 0) is 11.0 Å². The van der Waals surface area contributed by atoms with Gasteiger partial charge in [0.05, 0.1) is 11.2 Å². The van der Waals surface area contributed by atoms with Gasteiger partial charge in [0.25, 0.3) is 0 Å². The Balaban J connectivity index is 2.38. The molecule has 1 aromatic rings. The molecule has 0 aliphatic heterocycles. The molecule has 0 radical (unpaired) electrons. The van der Waals surface area contributed by atoms with E-state index in [0.717, 1.165) is 11.4 Å². The Bertz CT molecular complexity index is 428. The van der Waals surface area contributed by atoms with E-state index in [1.54, 1.807) is 11.3 Å². The largest absolute Gasteiger partial charge is 0.319 e. The first-order valence-electron chi connectivity index (χ1n) is 6.92. The predicted octanol–water partition coefficient (Wildman–Crippen LogP) is 4.19. The third-order valence-electron chi connectivity index (χ3n) is 4.48. The van der Waals surface area contributed by atoms with Gasteiger partial charge < -0.3 is 5.73 Å². The maximum absolute atomic E-state index is 6.76. The third kappa shape index (κ3) is 2.23. The van der Waals surface area contributed by atoms with Crippen LogP contribution in [0.1, 0.15) is 71.0 Å². The quantitative estimate of drug-likeness (QED) is 0.827. The summed E-state index contributed by atoms with van der Waals surface area (Å²) in [6.45, 7) is 11.2. The number of rotatable bonds is 1. The van der Waals surface area contributed by atoms with E-state index in [2.05, 4.69) is 40.0 Å². The maximum Gasteiger partial charge on any atom is 0.113 e. The van der Waals surface area contributed by atoms with Gasteiger partial charge in [0, 0.05) is 10.8 Å². The van der Waals surface area contributed by atoms with Crippen LogP contribution in [0.15, 0.2) is 5.38 Å². The zero-order valence-corrected chi connectivity index (χ0v) is 13.2. The highest BCUT2D eigenvalue weighted by Gasteiger charge is 2.47. The van der Waals surface area contributed by atoms with Crippen LogP contribution in [0.3, 0.4) is 0 Å². The molecule has 0 saturated heterocycles. The molecule has 1 unspecified atom stereocenters. The molecule has 0 aromatic carbocycles. The molecule has 1 saturated carbocycles. The lowest BCUT2D eigenvalue weighted by molar-refractivity contribution is 0.0973. The number of thiazole rings is 1. The highest BCUT2D eigenvalue weighted by molar-refractivity contribution is 7.09. The lowest BCUT2D eigenvalue weighted by Crippen LogP contribution is -2.51. The van der Waals surface area contributed by atoms with E-state index in [4.69, 9.17) is 10.7 Å². The van der Waals surface area contributed by atoms with Gasteiger partial charge in [-0.2, -0.15) is 0 Å². The van der Waals surface area contributed by atoms with Gasteiger partial charge >= 0.3 is 0 Å². The minimum atomic E-state index is -0.237. The Kier molecular flexibility index (Phi) is 3.35. The SMILES string of the molecule is CC(C)(C)c1csc(C2(N)CCCCC2(C)C)n1. The fourth-order valence-corrected chi connectivity index (χ4v) is 4.12. The standard InChI is InChI=1S/C15H26N2S/c1-13(2,3)11-10-18-12(17-11)15(16)9-7-6-8-14(15,4)5/h10H,6-9,16H2,1-5H3. The molecule has 1 fully saturated rings. The highest BCUT2D eigenvalue weighted by Crippen LogP contribution is 2.49. The number of nitrogens with two attached hydrogens (primary N) is 1. The fraction of sp³-hybridized carbons (Fsp3) is 0.800. The van der Waals surface area contributed by atoms with Gasteiger partial charge in [-0.05, 0) is 18.3 Å². The van der Waals surface area contributed by atoms with Crippen molar-refractivity contribution in [3.8, 4) is 0 Å². The summed E-state index contributed by atoms with van der Waals surface area (Å²) in [7, 11) is 0. The van der Waals surface area contributed by atoms with Crippen molar-refractivity contribution in [2.24, 2.45) is 11.1 Å². The molecule has 18 heavy (non-hydrogen) atoms. The molecule has 2 N–H and O–H groups in total. The topological polar surface area (TPSA) is 38.9 Å². The van der Waals surface area contributed by atoms with Crippen molar-refractivity contribution in [3.63, 3.8) is 0 Å². The normalized spacial score (nSPS) is 28.3. The predicted molar refractivity (Wildman–Crippen MR) is 78.9 cm³/mol. The summed E-state index contributed by atoms with van der Waals surface area (Å²) in [5.74, 6) is 0. The van der Waals surface area contributed by atoms with Crippen LogP contribution in [0.2, 0.25) is 0 Å². The van der Waals surface area contributed by atoms with Crippen molar-refractivity contribution in [2.75, 3.05) is 0 Å². The average Bonchev–Trinajstić information content (AvgIpc) is 2.71. The van der Waals surface area contributed by atoms with Crippen LogP contribution in [0, 0.1) is 5.41 Å². The van der Waals surface area contributed by atoms with Crippen LogP contribution in [-0.4, -0.2) is 4.98 Å². The van der Waals surface area contributed by atoms with Gasteiger partial charge in [-0.15, -0.1) is 11.3 Å². The molecule has 0 spiro atoms. The number of hydrogen-bond donors (Lipinski definition) is 1. The van der Waals surface area contributed by atoms with Crippen molar-refractivity contribution >= 4 is 11.3 Å². The summed E-state index contributed by atoms with van der Waals surface area (Å²) >= 11 is 1.75. The smallest absolute Gasteiger partial charge is 0.113 e. The summed E-state index contributed by atoms with van der Waals surface area (Å²) in [5.41, 5.74) is 7.97.